The van der Waals surface area contributed by atoms with Crippen LogP contribution >= 0.6 is 0 Å². The van der Waals surface area contributed by atoms with Crippen molar-refractivity contribution in [3.05, 3.63) is 35.4 Å². The molecule has 0 saturated carbocycles. The fourth-order valence-corrected chi connectivity index (χ4v) is 3.37. The third kappa shape index (κ3) is 4.31. The molecule has 0 aromatic heterocycles. The summed E-state index contributed by atoms with van der Waals surface area (Å²) in [6.45, 7) is 15.1. The summed E-state index contributed by atoms with van der Waals surface area (Å²) in [6, 6.07) is 10.1. The summed E-state index contributed by atoms with van der Waals surface area (Å²) in [4.78, 5) is 2.72. The van der Waals surface area contributed by atoms with Gasteiger partial charge in [-0.3, -0.25) is 4.90 Å². The van der Waals surface area contributed by atoms with Crippen molar-refractivity contribution in [2.75, 3.05) is 19.6 Å². The van der Waals surface area contributed by atoms with E-state index in [0.717, 1.165) is 6.54 Å². The number of benzene rings is 1. The minimum absolute atomic E-state index is 0.636. The topological polar surface area (TPSA) is 15.3 Å². The van der Waals surface area contributed by atoms with Crippen LogP contribution in [0.25, 0.3) is 0 Å². The number of nitrogens with zero attached hydrogens (tertiary/aromatic N) is 1. The highest BCUT2D eigenvalue weighted by Gasteiger charge is 2.30. The Labute approximate surface area is 130 Å². The second kappa shape index (κ2) is 7.42. The summed E-state index contributed by atoms with van der Waals surface area (Å²) in [5.74, 6) is 1.42. The molecule has 1 aromatic rings. The average Bonchev–Trinajstić information content (AvgIpc) is 2.46. The quantitative estimate of drug-likeness (QED) is 0.892. The van der Waals surface area contributed by atoms with Crippen LogP contribution in [0.2, 0.25) is 0 Å². The van der Waals surface area contributed by atoms with Crippen molar-refractivity contribution < 1.29 is 0 Å². The molecule has 1 aliphatic rings. The van der Waals surface area contributed by atoms with Gasteiger partial charge in [0.05, 0.1) is 0 Å². The Bertz CT molecular complexity index is 439. The van der Waals surface area contributed by atoms with Crippen LogP contribution in [0.15, 0.2) is 24.3 Å². The first kappa shape index (κ1) is 16.5. The molecule has 1 fully saturated rings. The van der Waals surface area contributed by atoms with Gasteiger partial charge in [-0.25, -0.2) is 0 Å². The van der Waals surface area contributed by atoms with Crippen LogP contribution in [0, 0.1) is 18.8 Å². The Hall–Kier alpha value is -0.860. The molecule has 1 saturated heterocycles. The molecule has 2 heteroatoms. The Balaban J connectivity index is 2.01. The predicted octanol–water partition coefficient (Wildman–Crippen LogP) is 3.49. The normalized spacial score (nSPS) is 24.0. The van der Waals surface area contributed by atoms with Gasteiger partial charge < -0.3 is 5.32 Å². The van der Waals surface area contributed by atoms with E-state index < -0.39 is 0 Å². The molecule has 0 amide bonds. The second-order valence-corrected chi connectivity index (χ2v) is 7.24. The Kier molecular flexibility index (Phi) is 5.83. The standard InChI is InChI=1S/C19H32N2/c1-14(2)18-13-21(19(12-20-18)15(3)4)11-10-17-9-7-6-8-16(17)5/h6-9,14-15,18-20H,10-13H2,1-5H3. The maximum atomic E-state index is 3.75. The summed E-state index contributed by atoms with van der Waals surface area (Å²) in [6.07, 6.45) is 1.17. The Morgan fingerprint density at radius 3 is 2.48 bits per heavy atom. The summed E-state index contributed by atoms with van der Waals surface area (Å²) in [5.41, 5.74) is 2.92. The molecule has 118 valence electrons. The molecule has 0 aliphatic carbocycles. The fourth-order valence-electron chi connectivity index (χ4n) is 3.37. The molecule has 0 radical (unpaired) electrons. The molecule has 1 aromatic carbocycles. The van der Waals surface area contributed by atoms with Crippen molar-refractivity contribution in [2.24, 2.45) is 11.8 Å². The zero-order valence-electron chi connectivity index (χ0n) is 14.4. The molecular weight excluding hydrogens is 256 g/mol. The van der Waals surface area contributed by atoms with Crippen LogP contribution in [0.1, 0.15) is 38.8 Å². The summed E-state index contributed by atoms with van der Waals surface area (Å²) in [5, 5.41) is 3.75. The minimum atomic E-state index is 0.636. The molecule has 2 unspecified atom stereocenters. The van der Waals surface area contributed by atoms with Gasteiger partial charge in [0.15, 0.2) is 0 Å². The fraction of sp³-hybridized carbons (Fsp3) is 0.684. The molecule has 1 N–H and O–H groups in total. The molecular formula is C19H32N2. The van der Waals surface area contributed by atoms with Gasteiger partial charge in [0.1, 0.15) is 0 Å². The third-order valence-corrected chi connectivity index (χ3v) is 4.99. The summed E-state index contributed by atoms with van der Waals surface area (Å²) < 4.78 is 0. The third-order valence-electron chi connectivity index (χ3n) is 4.99. The van der Waals surface area contributed by atoms with Crippen molar-refractivity contribution in [2.45, 2.75) is 53.1 Å². The average molecular weight is 288 g/mol. The lowest BCUT2D eigenvalue weighted by atomic mass is 9.93. The van der Waals surface area contributed by atoms with Gasteiger partial charge in [-0.2, -0.15) is 0 Å². The van der Waals surface area contributed by atoms with E-state index in [-0.39, 0.29) is 0 Å². The molecule has 0 bridgehead atoms. The zero-order chi connectivity index (χ0) is 15.4. The predicted molar refractivity (Wildman–Crippen MR) is 91.7 cm³/mol. The van der Waals surface area contributed by atoms with Crippen molar-refractivity contribution in [3.8, 4) is 0 Å². The molecule has 2 nitrogen and oxygen atoms in total. The van der Waals surface area contributed by atoms with Crippen LogP contribution in [0.5, 0.6) is 0 Å². The van der Waals surface area contributed by atoms with Gasteiger partial charge >= 0.3 is 0 Å². The number of piperazine rings is 1. The largest absolute Gasteiger partial charge is 0.311 e. The van der Waals surface area contributed by atoms with Crippen LogP contribution in [-0.2, 0) is 6.42 Å². The number of rotatable bonds is 5. The number of hydrogen-bond donors (Lipinski definition) is 1. The summed E-state index contributed by atoms with van der Waals surface area (Å²) >= 11 is 0. The Morgan fingerprint density at radius 1 is 1.14 bits per heavy atom. The van der Waals surface area contributed by atoms with Crippen molar-refractivity contribution in [1.82, 2.24) is 10.2 Å². The lowest BCUT2D eigenvalue weighted by molar-refractivity contribution is 0.0863. The van der Waals surface area contributed by atoms with E-state index >= 15 is 0 Å². The van der Waals surface area contributed by atoms with Crippen LogP contribution in [-0.4, -0.2) is 36.6 Å². The number of nitrogens with one attached hydrogen (secondary N) is 1. The van der Waals surface area contributed by atoms with E-state index in [0.29, 0.717) is 23.9 Å². The monoisotopic (exact) mass is 288 g/mol. The first-order valence-electron chi connectivity index (χ1n) is 8.51. The van der Waals surface area contributed by atoms with Crippen molar-refractivity contribution >= 4 is 0 Å². The first-order valence-corrected chi connectivity index (χ1v) is 8.51. The second-order valence-electron chi connectivity index (χ2n) is 7.24. The van der Waals surface area contributed by atoms with E-state index in [2.05, 4.69) is 69.1 Å². The van der Waals surface area contributed by atoms with Gasteiger partial charge in [0.25, 0.3) is 0 Å². The Morgan fingerprint density at radius 2 is 1.86 bits per heavy atom. The molecule has 1 aliphatic heterocycles. The van der Waals surface area contributed by atoms with Crippen LogP contribution in [0.4, 0.5) is 0 Å². The summed E-state index contributed by atoms with van der Waals surface area (Å²) in [7, 11) is 0. The van der Waals surface area contributed by atoms with E-state index in [1.807, 2.05) is 0 Å². The van der Waals surface area contributed by atoms with Crippen LogP contribution in [0.3, 0.4) is 0 Å². The number of aryl methyl sites for hydroxylation is 1. The van der Waals surface area contributed by atoms with Gasteiger partial charge in [-0.05, 0) is 36.3 Å². The highest BCUT2D eigenvalue weighted by Crippen LogP contribution is 2.19. The van der Waals surface area contributed by atoms with Crippen LogP contribution < -0.4 is 5.32 Å². The van der Waals surface area contributed by atoms with Crippen molar-refractivity contribution in [3.63, 3.8) is 0 Å². The lowest BCUT2D eigenvalue weighted by Gasteiger charge is -2.44. The van der Waals surface area contributed by atoms with E-state index in [1.54, 1.807) is 0 Å². The SMILES string of the molecule is Cc1ccccc1CCN1CC(C(C)C)NCC1C(C)C. The molecule has 21 heavy (non-hydrogen) atoms. The van der Waals surface area contributed by atoms with E-state index in [9.17, 15) is 0 Å². The zero-order valence-corrected chi connectivity index (χ0v) is 14.4. The maximum Gasteiger partial charge on any atom is 0.0244 e. The smallest absolute Gasteiger partial charge is 0.0244 e. The van der Waals surface area contributed by atoms with Gasteiger partial charge in [0.2, 0.25) is 0 Å². The first-order chi connectivity index (χ1) is 9.99. The highest BCUT2D eigenvalue weighted by atomic mass is 15.2. The lowest BCUT2D eigenvalue weighted by Crippen LogP contribution is -2.59. The van der Waals surface area contributed by atoms with Gasteiger partial charge in [0, 0.05) is 31.7 Å². The highest BCUT2D eigenvalue weighted by molar-refractivity contribution is 5.25. The molecule has 2 atom stereocenters. The van der Waals surface area contributed by atoms with Gasteiger partial charge in [-0.15, -0.1) is 0 Å². The maximum absolute atomic E-state index is 3.75. The van der Waals surface area contributed by atoms with E-state index in [1.165, 1.54) is 30.6 Å². The minimum Gasteiger partial charge on any atom is -0.311 e. The molecule has 2 rings (SSSR count). The molecule has 1 heterocycles. The van der Waals surface area contributed by atoms with Gasteiger partial charge in [-0.1, -0.05) is 52.0 Å². The van der Waals surface area contributed by atoms with E-state index in [4.69, 9.17) is 0 Å². The number of hydrogen-bond acceptors (Lipinski definition) is 2. The molecule has 0 spiro atoms. The van der Waals surface area contributed by atoms with Crippen molar-refractivity contribution in [1.29, 1.82) is 0 Å².